The Labute approximate surface area is 169 Å². The van der Waals surface area contributed by atoms with Gasteiger partial charge in [-0.15, -0.1) is 0 Å². The highest BCUT2D eigenvalue weighted by Crippen LogP contribution is 2.49. The van der Waals surface area contributed by atoms with Crippen LogP contribution in [0, 0.1) is 0 Å². The predicted octanol–water partition coefficient (Wildman–Crippen LogP) is 4.67. The lowest BCUT2D eigenvalue weighted by Gasteiger charge is -2.33. The number of methoxy groups -OCH3 is 1. The van der Waals surface area contributed by atoms with Crippen molar-refractivity contribution in [1.29, 1.82) is 0 Å². The fourth-order valence-corrected chi connectivity index (χ4v) is 5.35. The second-order valence-corrected chi connectivity index (χ2v) is 8.41. The van der Waals surface area contributed by atoms with Gasteiger partial charge < -0.3 is 9.64 Å². The first-order chi connectivity index (χ1) is 13.6. The van der Waals surface area contributed by atoms with Gasteiger partial charge in [0.1, 0.15) is 0 Å². The Hall–Kier alpha value is -2.53. The van der Waals surface area contributed by atoms with Gasteiger partial charge in [-0.05, 0) is 56.0 Å². The topological polar surface area (TPSA) is 46.6 Å². The first-order valence-electron chi connectivity index (χ1n) is 9.56. The van der Waals surface area contributed by atoms with Crippen LogP contribution < -0.4 is 0 Å². The predicted molar refractivity (Wildman–Crippen MR) is 110 cm³/mol. The van der Waals surface area contributed by atoms with Crippen molar-refractivity contribution in [2.75, 3.05) is 7.11 Å². The number of fused-ring (bicyclic) bond motifs is 2. The Bertz CT molecular complexity index is 887. The number of ether oxygens (including phenoxy) is 1. The second-order valence-electron chi connectivity index (χ2n) is 7.29. The lowest BCUT2D eigenvalue weighted by Crippen LogP contribution is -2.44. The molecule has 1 amide bonds. The van der Waals surface area contributed by atoms with Crippen molar-refractivity contribution in [2.45, 2.75) is 42.2 Å². The number of nitrogens with zero attached hydrogens (tertiary/aromatic N) is 1. The Kier molecular flexibility index (Phi) is 5.27. The molecule has 2 aliphatic rings. The molecular formula is C23H23NO3S. The summed E-state index contributed by atoms with van der Waals surface area (Å²) in [5, 5.41) is 0. The molecule has 2 aromatic carbocycles. The molecule has 4 nitrogen and oxygen atoms in total. The van der Waals surface area contributed by atoms with Gasteiger partial charge in [-0.3, -0.25) is 4.79 Å². The molecule has 2 saturated heterocycles. The van der Waals surface area contributed by atoms with E-state index in [9.17, 15) is 9.59 Å². The molecule has 0 atom stereocenters. The van der Waals surface area contributed by atoms with E-state index in [1.807, 2.05) is 71.6 Å². The molecule has 2 aliphatic heterocycles. The Morgan fingerprint density at radius 2 is 1.64 bits per heavy atom. The van der Waals surface area contributed by atoms with Crippen LogP contribution in [0.3, 0.4) is 0 Å². The molecule has 4 rings (SSSR count). The number of hydrogen-bond donors (Lipinski definition) is 0. The third-order valence-electron chi connectivity index (χ3n) is 5.66. The van der Waals surface area contributed by atoms with Crippen LogP contribution in [0.5, 0.6) is 0 Å². The molecular weight excluding hydrogens is 370 g/mol. The Morgan fingerprint density at radius 1 is 1.04 bits per heavy atom. The third kappa shape index (κ3) is 3.47. The van der Waals surface area contributed by atoms with E-state index >= 15 is 0 Å². The van der Waals surface area contributed by atoms with Crippen molar-refractivity contribution in [3.63, 3.8) is 0 Å². The summed E-state index contributed by atoms with van der Waals surface area (Å²) in [7, 11) is 1.40. The highest BCUT2D eigenvalue weighted by Gasteiger charge is 2.53. The highest BCUT2D eigenvalue weighted by atomic mass is 32.2. The molecule has 0 unspecified atom stereocenters. The van der Waals surface area contributed by atoms with E-state index in [4.69, 9.17) is 4.74 Å². The molecule has 0 aromatic heterocycles. The van der Waals surface area contributed by atoms with Gasteiger partial charge in [0.05, 0.1) is 17.6 Å². The number of esters is 1. The summed E-state index contributed by atoms with van der Waals surface area (Å²) in [4.78, 5) is 29.3. The first kappa shape index (κ1) is 18.8. The first-order valence-corrected chi connectivity index (χ1v) is 10.4. The molecule has 2 fully saturated rings. The summed E-state index contributed by atoms with van der Waals surface area (Å²) in [6, 6.07) is 19.4. The zero-order chi connectivity index (χ0) is 19.6. The van der Waals surface area contributed by atoms with Crippen LogP contribution in [0.25, 0.3) is 0 Å². The molecule has 0 spiro atoms. The van der Waals surface area contributed by atoms with Gasteiger partial charge in [-0.1, -0.05) is 48.2 Å². The normalized spacial score (nSPS) is 23.7. The standard InChI is InChI=1S/C23H23NO3S/c1-27-22(26)20(28-19-10-6-3-7-11-19)16-23-14-12-18(13-15-23)24(23)21(25)17-8-4-2-5-9-17/h2-11,16,18H,12-15H2,1H3/b20-16+. The van der Waals surface area contributed by atoms with E-state index in [2.05, 4.69) is 0 Å². The van der Waals surface area contributed by atoms with Crippen molar-refractivity contribution in [3.8, 4) is 0 Å². The fraction of sp³-hybridized carbons (Fsp3) is 0.304. The largest absolute Gasteiger partial charge is 0.465 e. The zero-order valence-corrected chi connectivity index (χ0v) is 16.7. The van der Waals surface area contributed by atoms with E-state index in [0.29, 0.717) is 10.5 Å². The molecule has 0 saturated carbocycles. The van der Waals surface area contributed by atoms with Crippen LogP contribution >= 0.6 is 11.8 Å². The Balaban J connectivity index is 1.69. The van der Waals surface area contributed by atoms with Gasteiger partial charge in [-0.2, -0.15) is 0 Å². The third-order valence-corrected chi connectivity index (χ3v) is 6.68. The SMILES string of the molecule is COC(=O)/C(=C\C12CCC(CC1)N2C(=O)c1ccccc1)Sc1ccccc1. The fourth-order valence-electron chi connectivity index (χ4n) is 4.36. The minimum absolute atomic E-state index is 0.0470. The number of carbonyl (C=O) groups excluding carboxylic acids is 2. The van der Waals surface area contributed by atoms with Gasteiger partial charge >= 0.3 is 5.97 Å². The highest BCUT2D eigenvalue weighted by molar-refractivity contribution is 8.04. The maximum Gasteiger partial charge on any atom is 0.344 e. The molecule has 0 N–H and O–H groups in total. The maximum absolute atomic E-state index is 13.3. The lowest BCUT2D eigenvalue weighted by atomic mass is 9.87. The van der Waals surface area contributed by atoms with Crippen molar-refractivity contribution >= 4 is 23.6 Å². The van der Waals surface area contributed by atoms with Gasteiger partial charge in [0.15, 0.2) is 0 Å². The van der Waals surface area contributed by atoms with Crippen molar-refractivity contribution in [1.82, 2.24) is 4.90 Å². The number of amides is 1. The molecule has 28 heavy (non-hydrogen) atoms. The van der Waals surface area contributed by atoms with Gasteiger partial charge in [0, 0.05) is 16.5 Å². The van der Waals surface area contributed by atoms with Gasteiger partial charge in [0.2, 0.25) is 0 Å². The van der Waals surface area contributed by atoms with Crippen LogP contribution in [0.4, 0.5) is 0 Å². The minimum atomic E-state index is -0.414. The summed E-state index contributed by atoms with van der Waals surface area (Å²) in [5.41, 5.74) is 0.285. The number of thioether (sulfide) groups is 1. The number of hydrogen-bond acceptors (Lipinski definition) is 4. The van der Waals surface area contributed by atoms with Gasteiger partial charge in [0.25, 0.3) is 5.91 Å². The molecule has 2 heterocycles. The molecule has 0 aliphatic carbocycles. The van der Waals surface area contributed by atoms with E-state index in [1.54, 1.807) is 0 Å². The van der Waals surface area contributed by atoms with Crippen LogP contribution in [-0.2, 0) is 9.53 Å². The molecule has 0 radical (unpaired) electrons. The maximum atomic E-state index is 13.3. The van der Waals surface area contributed by atoms with Crippen molar-refractivity contribution < 1.29 is 14.3 Å². The zero-order valence-electron chi connectivity index (χ0n) is 15.8. The quantitative estimate of drug-likeness (QED) is 0.421. The van der Waals surface area contributed by atoms with E-state index < -0.39 is 5.54 Å². The number of carbonyl (C=O) groups is 2. The summed E-state index contributed by atoms with van der Waals surface area (Å²) < 4.78 is 5.05. The molecule has 2 bridgehead atoms. The van der Waals surface area contributed by atoms with Crippen LogP contribution in [0.1, 0.15) is 36.0 Å². The summed E-state index contributed by atoms with van der Waals surface area (Å²) in [6.45, 7) is 0. The summed E-state index contributed by atoms with van der Waals surface area (Å²) in [6.07, 6.45) is 5.70. The average Bonchev–Trinajstić information content (AvgIpc) is 3.28. The lowest BCUT2D eigenvalue weighted by molar-refractivity contribution is -0.135. The van der Waals surface area contributed by atoms with E-state index in [1.165, 1.54) is 18.9 Å². The van der Waals surface area contributed by atoms with Crippen molar-refractivity contribution in [2.24, 2.45) is 0 Å². The molecule has 5 heteroatoms. The summed E-state index contributed by atoms with van der Waals surface area (Å²) in [5.74, 6) is -0.309. The van der Waals surface area contributed by atoms with Crippen LogP contribution in [0.15, 0.2) is 76.5 Å². The summed E-state index contributed by atoms with van der Waals surface area (Å²) >= 11 is 1.40. The monoisotopic (exact) mass is 393 g/mol. The van der Waals surface area contributed by atoms with Crippen LogP contribution in [-0.4, -0.2) is 35.5 Å². The molecule has 2 aromatic rings. The van der Waals surface area contributed by atoms with E-state index in [-0.39, 0.29) is 17.9 Å². The van der Waals surface area contributed by atoms with Gasteiger partial charge in [-0.25, -0.2) is 4.79 Å². The number of rotatable bonds is 5. The second kappa shape index (κ2) is 7.84. The van der Waals surface area contributed by atoms with E-state index in [0.717, 1.165) is 30.6 Å². The van der Waals surface area contributed by atoms with Crippen LogP contribution in [0.2, 0.25) is 0 Å². The minimum Gasteiger partial charge on any atom is -0.465 e. The van der Waals surface area contributed by atoms with Crippen molar-refractivity contribution in [3.05, 3.63) is 77.2 Å². The Morgan fingerprint density at radius 3 is 2.25 bits per heavy atom. The average molecular weight is 394 g/mol. The molecule has 144 valence electrons. The smallest absolute Gasteiger partial charge is 0.344 e. The number of benzene rings is 2.